The van der Waals surface area contributed by atoms with Gasteiger partial charge in [-0.1, -0.05) is 25.5 Å². The summed E-state index contributed by atoms with van der Waals surface area (Å²) in [4.78, 5) is 15.1. The molecule has 4 rings (SSSR count). The van der Waals surface area contributed by atoms with Gasteiger partial charge in [0.05, 0.1) is 5.92 Å². The van der Waals surface area contributed by atoms with Crippen molar-refractivity contribution in [1.29, 1.82) is 0 Å². The molecule has 0 bridgehead atoms. The van der Waals surface area contributed by atoms with Crippen LogP contribution in [0.25, 0.3) is 0 Å². The smallest absolute Gasteiger partial charge is 0.226 e. The fourth-order valence-corrected chi connectivity index (χ4v) is 4.85. The Morgan fingerprint density at radius 2 is 1.88 bits per heavy atom. The molecule has 1 aromatic heterocycles. The van der Waals surface area contributed by atoms with E-state index in [4.69, 9.17) is 0 Å². The zero-order valence-corrected chi connectivity index (χ0v) is 16.0. The molecule has 1 saturated heterocycles. The van der Waals surface area contributed by atoms with Gasteiger partial charge < -0.3 is 9.47 Å². The van der Waals surface area contributed by atoms with Crippen molar-refractivity contribution in [2.45, 2.75) is 65.8 Å². The van der Waals surface area contributed by atoms with Crippen LogP contribution < -0.4 is 0 Å². The van der Waals surface area contributed by atoms with Gasteiger partial charge in [0.25, 0.3) is 0 Å². The zero-order chi connectivity index (χ0) is 17.8. The first kappa shape index (κ1) is 16.8. The van der Waals surface area contributed by atoms with E-state index in [1.54, 1.807) is 0 Å². The van der Waals surface area contributed by atoms with Crippen LogP contribution in [0, 0.1) is 17.3 Å². The number of fused-ring (bicyclic) bond motifs is 1. The molecule has 1 saturated carbocycles. The van der Waals surface area contributed by atoms with Crippen molar-refractivity contribution in [3.05, 3.63) is 23.3 Å². The second kappa shape index (κ2) is 5.96. The Morgan fingerprint density at radius 3 is 2.56 bits per heavy atom. The normalized spacial score (nSPS) is 27.9. The molecule has 0 N–H and O–H groups in total. The molecule has 3 heterocycles. The number of hydrogen-bond acceptors (Lipinski definition) is 3. The molecule has 2 atom stereocenters. The molecule has 2 fully saturated rings. The second-order valence-electron chi connectivity index (χ2n) is 8.90. The maximum absolute atomic E-state index is 13.0. The third-order valence-corrected chi connectivity index (χ3v) is 6.50. The van der Waals surface area contributed by atoms with Crippen molar-refractivity contribution >= 4 is 5.91 Å². The van der Waals surface area contributed by atoms with Crippen molar-refractivity contribution in [2.24, 2.45) is 17.3 Å². The standard InChI is InChI=1S/C20H30N4O/c1-13(2)12-15-17(20(15,3)4)19(25)23-10-7-14(8-11-23)18-22-21-16-6-5-9-24(16)18/h12,14-15,17H,5-11H2,1-4H3/t15-,17-/m0/s1. The van der Waals surface area contributed by atoms with E-state index >= 15 is 0 Å². The van der Waals surface area contributed by atoms with Gasteiger partial charge in [0.15, 0.2) is 0 Å². The van der Waals surface area contributed by atoms with Crippen LogP contribution in [0.15, 0.2) is 11.6 Å². The molecular weight excluding hydrogens is 312 g/mol. The average molecular weight is 342 g/mol. The molecule has 25 heavy (non-hydrogen) atoms. The minimum Gasteiger partial charge on any atom is -0.342 e. The number of carbonyl (C=O) groups is 1. The number of aromatic nitrogens is 3. The van der Waals surface area contributed by atoms with E-state index in [0.717, 1.165) is 50.5 Å². The van der Waals surface area contributed by atoms with E-state index in [1.807, 2.05) is 0 Å². The van der Waals surface area contributed by atoms with Gasteiger partial charge in [0, 0.05) is 32.0 Å². The van der Waals surface area contributed by atoms with E-state index in [9.17, 15) is 4.79 Å². The van der Waals surface area contributed by atoms with Crippen LogP contribution in [-0.4, -0.2) is 38.7 Å². The van der Waals surface area contributed by atoms with Crippen LogP contribution in [0.2, 0.25) is 0 Å². The van der Waals surface area contributed by atoms with Gasteiger partial charge in [-0.25, -0.2) is 0 Å². The summed E-state index contributed by atoms with van der Waals surface area (Å²) in [6.07, 6.45) is 6.58. The Labute approximate surface area is 150 Å². The summed E-state index contributed by atoms with van der Waals surface area (Å²) in [5.41, 5.74) is 1.42. The highest BCUT2D eigenvalue weighted by Gasteiger charge is 2.61. The van der Waals surface area contributed by atoms with Crippen LogP contribution in [0.5, 0.6) is 0 Å². The summed E-state index contributed by atoms with van der Waals surface area (Å²) in [6.45, 7) is 11.5. The number of aryl methyl sites for hydroxylation is 1. The van der Waals surface area contributed by atoms with Crippen molar-refractivity contribution in [3.8, 4) is 0 Å². The molecule has 136 valence electrons. The summed E-state index contributed by atoms with van der Waals surface area (Å²) in [5.74, 6) is 3.70. The van der Waals surface area contributed by atoms with Crippen molar-refractivity contribution < 1.29 is 4.79 Å². The highest BCUT2D eigenvalue weighted by molar-refractivity contribution is 5.84. The third-order valence-electron chi connectivity index (χ3n) is 6.50. The van der Waals surface area contributed by atoms with Crippen LogP contribution in [0.3, 0.4) is 0 Å². The molecule has 0 spiro atoms. The quantitative estimate of drug-likeness (QED) is 0.793. The summed E-state index contributed by atoms with van der Waals surface area (Å²) in [6, 6.07) is 0. The van der Waals surface area contributed by atoms with E-state index in [2.05, 4.69) is 53.4 Å². The summed E-state index contributed by atoms with van der Waals surface area (Å²) in [5, 5.41) is 8.80. The molecule has 0 radical (unpaired) electrons. The third kappa shape index (κ3) is 2.81. The molecule has 1 amide bonds. The minimum atomic E-state index is 0.110. The maximum Gasteiger partial charge on any atom is 0.226 e. The topological polar surface area (TPSA) is 51.0 Å². The van der Waals surface area contributed by atoms with Gasteiger partial charge in [0.2, 0.25) is 5.91 Å². The second-order valence-corrected chi connectivity index (χ2v) is 8.90. The molecule has 2 aliphatic heterocycles. The lowest BCUT2D eigenvalue weighted by Crippen LogP contribution is -2.40. The number of likely N-dealkylation sites (tertiary alicyclic amines) is 1. The van der Waals surface area contributed by atoms with Crippen LogP contribution in [0.1, 0.15) is 64.5 Å². The van der Waals surface area contributed by atoms with Crippen LogP contribution in [-0.2, 0) is 17.8 Å². The van der Waals surface area contributed by atoms with Gasteiger partial charge in [-0.15, -0.1) is 10.2 Å². The molecule has 0 aromatic carbocycles. The Bertz CT molecular complexity index is 705. The van der Waals surface area contributed by atoms with Gasteiger partial charge in [-0.05, 0) is 44.4 Å². The minimum absolute atomic E-state index is 0.110. The van der Waals surface area contributed by atoms with Gasteiger partial charge in [0.1, 0.15) is 11.6 Å². The first-order valence-corrected chi connectivity index (χ1v) is 9.75. The number of hydrogen-bond donors (Lipinski definition) is 0. The number of nitrogens with zero attached hydrogens (tertiary/aromatic N) is 4. The van der Waals surface area contributed by atoms with Gasteiger partial charge >= 0.3 is 0 Å². The predicted molar refractivity (Wildman–Crippen MR) is 97.1 cm³/mol. The number of piperidine rings is 1. The SMILES string of the molecule is CC(C)=C[C@H]1[C@@H](C(=O)N2CCC(c3nnc4n3CCC4)CC2)C1(C)C. The lowest BCUT2D eigenvalue weighted by atomic mass is 9.95. The van der Waals surface area contributed by atoms with Gasteiger partial charge in [-0.2, -0.15) is 0 Å². The zero-order valence-electron chi connectivity index (χ0n) is 16.0. The summed E-state index contributed by atoms with van der Waals surface area (Å²) >= 11 is 0. The monoisotopic (exact) mass is 342 g/mol. The highest BCUT2D eigenvalue weighted by atomic mass is 16.2. The Hall–Kier alpha value is -1.65. The van der Waals surface area contributed by atoms with E-state index in [-0.39, 0.29) is 11.3 Å². The van der Waals surface area contributed by atoms with Crippen molar-refractivity contribution in [2.75, 3.05) is 13.1 Å². The first-order valence-electron chi connectivity index (χ1n) is 9.75. The molecule has 0 unspecified atom stereocenters. The molecule has 5 heteroatoms. The Morgan fingerprint density at radius 1 is 1.16 bits per heavy atom. The Balaban J connectivity index is 1.39. The van der Waals surface area contributed by atoms with Gasteiger partial charge in [-0.3, -0.25) is 4.79 Å². The van der Waals surface area contributed by atoms with E-state index in [1.165, 1.54) is 12.0 Å². The van der Waals surface area contributed by atoms with E-state index in [0.29, 0.717) is 17.7 Å². The number of carbonyl (C=O) groups excluding carboxylic acids is 1. The molecule has 5 nitrogen and oxygen atoms in total. The first-order chi connectivity index (χ1) is 11.9. The average Bonchev–Trinajstić information content (AvgIpc) is 2.94. The number of allylic oxidation sites excluding steroid dienone is 2. The number of rotatable bonds is 3. The molecule has 3 aliphatic rings. The predicted octanol–water partition coefficient (Wildman–Crippen LogP) is 3.17. The molecule has 1 aliphatic carbocycles. The highest BCUT2D eigenvalue weighted by Crippen LogP contribution is 2.60. The van der Waals surface area contributed by atoms with Crippen LogP contribution in [0.4, 0.5) is 0 Å². The van der Waals surface area contributed by atoms with Crippen LogP contribution >= 0.6 is 0 Å². The number of amides is 1. The fraction of sp³-hybridized carbons (Fsp3) is 0.750. The lowest BCUT2D eigenvalue weighted by Gasteiger charge is -2.32. The molecule has 1 aromatic rings. The Kier molecular flexibility index (Phi) is 4.00. The maximum atomic E-state index is 13.0. The lowest BCUT2D eigenvalue weighted by molar-refractivity contribution is -0.134. The summed E-state index contributed by atoms with van der Waals surface area (Å²) < 4.78 is 2.32. The molecular formula is C20H30N4O. The fourth-order valence-electron chi connectivity index (χ4n) is 4.85. The van der Waals surface area contributed by atoms with Crippen molar-refractivity contribution in [3.63, 3.8) is 0 Å². The summed E-state index contributed by atoms with van der Waals surface area (Å²) in [7, 11) is 0. The largest absolute Gasteiger partial charge is 0.342 e. The van der Waals surface area contributed by atoms with E-state index < -0.39 is 0 Å². The van der Waals surface area contributed by atoms with Crippen molar-refractivity contribution in [1.82, 2.24) is 19.7 Å².